The number of thiocarbonyl (C=S) groups is 1. The number of rotatable bonds is 4. The summed E-state index contributed by atoms with van der Waals surface area (Å²) in [6.45, 7) is 4.56. The Balaban J connectivity index is 2.25. The van der Waals surface area contributed by atoms with E-state index in [0.29, 0.717) is 11.7 Å². The Hall–Kier alpha value is -1.36. The van der Waals surface area contributed by atoms with Gasteiger partial charge in [0, 0.05) is 5.71 Å². The molecule has 15 heavy (non-hydrogen) atoms. The van der Waals surface area contributed by atoms with Crippen LogP contribution in [0.2, 0.25) is 0 Å². The summed E-state index contributed by atoms with van der Waals surface area (Å²) in [5.41, 5.74) is 3.77. The van der Waals surface area contributed by atoms with E-state index in [0.717, 1.165) is 17.9 Å². The predicted molar refractivity (Wildman–Crippen MR) is 64.7 cm³/mol. The van der Waals surface area contributed by atoms with E-state index in [4.69, 9.17) is 16.6 Å². The van der Waals surface area contributed by atoms with Crippen LogP contribution in [0.5, 0.6) is 0 Å². The van der Waals surface area contributed by atoms with E-state index in [1.165, 1.54) is 0 Å². The molecule has 0 spiro atoms. The molecular weight excluding hydrogens is 210 g/mol. The highest BCUT2D eigenvalue weighted by molar-refractivity contribution is 7.80. The summed E-state index contributed by atoms with van der Waals surface area (Å²) in [5, 5.41) is 7.56. The third kappa shape index (κ3) is 4.60. The Morgan fingerprint density at radius 1 is 1.60 bits per heavy atom. The molecule has 0 saturated carbocycles. The molecule has 0 amide bonds. The summed E-state index contributed by atoms with van der Waals surface area (Å²) in [5.74, 6) is 0.843. The van der Waals surface area contributed by atoms with Crippen molar-refractivity contribution in [1.82, 2.24) is 10.7 Å². The van der Waals surface area contributed by atoms with Crippen LogP contribution in [0, 0.1) is 0 Å². The average Bonchev–Trinajstić information content (AvgIpc) is 2.75. The van der Waals surface area contributed by atoms with Crippen LogP contribution < -0.4 is 10.7 Å². The summed E-state index contributed by atoms with van der Waals surface area (Å²) >= 11 is 5.02. The van der Waals surface area contributed by atoms with Crippen LogP contribution in [0.1, 0.15) is 26.0 Å². The minimum absolute atomic E-state index is 0.499. The lowest BCUT2D eigenvalue weighted by molar-refractivity contribution is 0.502. The van der Waals surface area contributed by atoms with E-state index in [-0.39, 0.29) is 0 Å². The topological polar surface area (TPSA) is 49.6 Å². The van der Waals surface area contributed by atoms with Gasteiger partial charge in [-0.1, -0.05) is 6.92 Å². The molecule has 1 heterocycles. The first-order valence-corrected chi connectivity index (χ1v) is 5.22. The molecule has 0 aliphatic carbocycles. The van der Waals surface area contributed by atoms with Crippen molar-refractivity contribution in [3.63, 3.8) is 0 Å². The highest BCUT2D eigenvalue weighted by atomic mass is 32.1. The Morgan fingerprint density at radius 2 is 2.40 bits per heavy atom. The molecule has 2 N–H and O–H groups in total. The van der Waals surface area contributed by atoms with Crippen molar-refractivity contribution < 1.29 is 4.42 Å². The molecule has 1 aromatic heterocycles. The number of nitrogens with zero attached hydrogens (tertiary/aromatic N) is 1. The summed E-state index contributed by atoms with van der Waals surface area (Å²) in [4.78, 5) is 0. The Kier molecular flexibility index (Phi) is 4.83. The number of furan rings is 1. The van der Waals surface area contributed by atoms with Crippen molar-refractivity contribution in [2.45, 2.75) is 26.8 Å². The lowest BCUT2D eigenvalue weighted by Gasteiger charge is -2.05. The summed E-state index contributed by atoms with van der Waals surface area (Å²) in [7, 11) is 0. The van der Waals surface area contributed by atoms with Gasteiger partial charge in [0.15, 0.2) is 5.11 Å². The quantitative estimate of drug-likeness (QED) is 0.467. The third-order valence-electron chi connectivity index (χ3n) is 1.86. The van der Waals surface area contributed by atoms with E-state index in [9.17, 15) is 0 Å². The fourth-order valence-electron chi connectivity index (χ4n) is 0.845. The molecule has 0 aromatic carbocycles. The number of hydrogen-bond acceptors (Lipinski definition) is 3. The molecule has 0 aliphatic heterocycles. The number of hydrogen-bond donors (Lipinski definition) is 2. The van der Waals surface area contributed by atoms with Gasteiger partial charge in [-0.2, -0.15) is 5.10 Å². The largest absolute Gasteiger partial charge is 0.467 e. The Labute approximate surface area is 94.7 Å². The summed E-state index contributed by atoms with van der Waals surface area (Å²) in [6, 6.07) is 3.73. The molecular formula is C10H15N3OS. The van der Waals surface area contributed by atoms with Crippen molar-refractivity contribution in [2.24, 2.45) is 5.10 Å². The molecule has 1 rings (SSSR count). The molecule has 0 unspecified atom stereocenters. The molecule has 82 valence electrons. The highest BCUT2D eigenvalue weighted by Crippen LogP contribution is 1.98. The summed E-state index contributed by atoms with van der Waals surface area (Å²) < 4.78 is 5.14. The van der Waals surface area contributed by atoms with Crippen molar-refractivity contribution in [3.8, 4) is 0 Å². The maximum absolute atomic E-state index is 5.14. The Bertz CT molecular complexity index is 332. The van der Waals surface area contributed by atoms with Gasteiger partial charge < -0.3 is 9.73 Å². The van der Waals surface area contributed by atoms with Crippen LogP contribution in [0.4, 0.5) is 0 Å². The first kappa shape index (κ1) is 11.7. The van der Waals surface area contributed by atoms with Gasteiger partial charge in [-0.3, -0.25) is 5.43 Å². The zero-order valence-corrected chi connectivity index (χ0v) is 9.73. The van der Waals surface area contributed by atoms with Crippen LogP contribution in [0.3, 0.4) is 0 Å². The zero-order valence-electron chi connectivity index (χ0n) is 8.91. The van der Waals surface area contributed by atoms with Gasteiger partial charge in [-0.15, -0.1) is 0 Å². The van der Waals surface area contributed by atoms with E-state index in [1.54, 1.807) is 6.26 Å². The van der Waals surface area contributed by atoms with Crippen LogP contribution in [-0.4, -0.2) is 10.8 Å². The van der Waals surface area contributed by atoms with Gasteiger partial charge in [0.25, 0.3) is 0 Å². The fraction of sp³-hybridized carbons (Fsp3) is 0.400. The molecule has 0 saturated heterocycles. The van der Waals surface area contributed by atoms with Gasteiger partial charge in [0.1, 0.15) is 5.76 Å². The first-order valence-electron chi connectivity index (χ1n) is 4.81. The van der Waals surface area contributed by atoms with E-state index >= 15 is 0 Å². The first-order chi connectivity index (χ1) is 7.22. The van der Waals surface area contributed by atoms with Gasteiger partial charge in [-0.25, -0.2) is 0 Å². The summed E-state index contributed by atoms with van der Waals surface area (Å²) in [6.07, 6.45) is 2.54. The SMILES string of the molecule is CC/C(C)=N\NC(=S)NCc1ccco1. The molecule has 0 aliphatic rings. The van der Waals surface area contributed by atoms with Gasteiger partial charge in [0.2, 0.25) is 0 Å². The van der Waals surface area contributed by atoms with Gasteiger partial charge in [-0.05, 0) is 37.7 Å². The monoisotopic (exact) mass is 225 g/mol. The van der Waals surface area contributed by atoms with E-state index < -0.39 is 0 Å². The number of nitrogens with one attached hydrogen (secondary N) is 2. The second-order valence-corrected chi connectivity index (χ2v) is 3.48. The molecule has 1 aromatic rings. The molecule has 0 bridgehead atoms. The highest BCUT2D eigenvalue weighted by Gasteiger charge is 1.97. The maximum atomic E-state index is 5.14. The molecule has 5 heteroatoms. The third-order valence-corrected chi connectivity index (χ3v) is 2.10. The standard InChI is InChI=1S/C10H15N3OS/c1-3-8(2)12-13-10(15)11-7-9-5-4-6-14-9/h4-6H,3,7H2,1-2H3,(H2,11,13,15)/b12-8-. The second kappa shape index (κ2) is 6.19. The predicted octanol–water partition coefficient (Wildman–Crippen LogP) is 2.03. The van der Waals surface area contributed by atoms with Crippen molar-refractivity contribution in [1.29, 1.82) is 0 Å². The van der Waals surface area contributed by atoms with Crippen LogP contribution in [0.25, 0.3) is 0 Å². The van der Waals surface area contributed by atoms with Crippen LogP contribution in [-0.2, 0) is 6.54 Å². The smallest absolute Gasteiger partial charge is 0.187 e. The fourth-order valence-corrected chi connectivity index (χ4v) is 0.963. The second-order valence-electron chi connectivity index (χ2n) is 3.07. The van der Waals surface area contributed by atoms with Gasteiger partial charge >= 0.3 is 0 Å². The lowest BCUT2D eigenvalue weighted by Crippen LogP contribution is -2.31. The van der Waals surface area contributed by atoms with Crippen molar-refractivity contribution >= 4 is 23.0 Å². The Morgan fingerprint density at radius 3 is 3.00 bits per heavy atom. The minimum Gasteiger partial charge on any atom is -0.467 e. The molecule has 0 radical (unpaired) electrons. The molecule has 4 nitrogen and oxygen atoms in total. The molecule has 0 atom stereocenters. The zero-order chi connectivity index (χ0) is 11.1. The molecule has 0 fully saturated rings. The van der Waals surface area contributed by atoms with Crippen molar-refractivity contribution in [2.75, 3.05) is 0 Å². The number of hydrazone groups is 1. The van der Waals surface area contributed by atoms with E-state index in [1.807, 2.05) is 26.0 Å². The average molecular weight is 225 g/mol. The minimum atomic E-state index is 0.499. The van der Waals surface area contributed by atoms with Crippen LogP contribution >= 0.6 is 12.2 Å². The lowest BCUT2D eigenvalue weighted by atomic mass is 10.3. The normalized spacial score (nSPS) is 11.2. The van der Waals surface area contributed by atoms with Crippen molar-refractivity contribution in [3.05, 3.63) is 24.2 Å². The van der Waals surface area contributed by atoms with E-state index in [2.05, 4.69) is 15.8 Å². The van der Waals surface area contributed by atoms with Gasteiger partial charge in [0.05, 0.1) is 12.8 Å². The maximum Gasteiger partial charge on any atom is 0.187 e. The van der Waals surface area contributed by atoms with Crippen LogP contribution in [0.15, 0.2) is 27.9 Å².